The smallest absolute Gasteiger partial charge is 0.317 e. The second kappa shape index (κ2) is 12.9. The fourth-order valence-electron chi connectivity index (χ4n) is 11.5. The van der Waals surface area contributed by atoms with Crippen molar-refractivity contribution in [2.45, 2.75) is 89.9 Å². The number of halogens is 2. The summed E-state index contributed by atoms with van der Waals surface area (Å²) < 4.78 is 34.0. The highest BCUT2D eigenvalue weighted by molar-refractivity contribution is 6.10. The highest BCUT2D eigenvalue weighted by Crippen LogP contribution is 2.78. The molecule has 51 heavy (non-hydrogen) atoms. The maximum Gasteiger partial charge on any atom is 0.317 e. The van der Waals surface area contributed by atoms with Crippen LogP contribution in [-0.4, -0.2) is 65.4 Å². The minimum absolute atomic E-state index is 0.0463. The summed E-state index contributed by atoms with van der Waals surface area (Å²) in [6, 6.07) is 12.6. The van der Waals surface area contributed by atoms with Crippen molar-refractivity contribution in [2.24, 2.45) is 33.5 Å². The van der Waals surface area contributed by atoms with E-state index in [2.05, 4.69) is 37.4 Å². The number of carbonyl (C=O) groups excluding carboxylic acids is 2. The van der Waals surface area contributed by atoms with Gasteiger partial charge < -0.3 is 25.2 Å². The van der Waals surface area contributed by atoms with E-state index < -0.39 is 39.6 Å². The van der Waals surface area contributed by atoms with Crippen LogP contribution in [0.2, 0.25) is 0 Å². The van der Waals surface area contributed by atoms with E-state index in [0.29, 0.717) is 57.2 Å². The molecule has 9 heteroatoms. The minimum Gasteiger partial charge on any atom is -0.393 e. The van der Waals surface area contributed by atoms with Crippen molar-refractivity contribution in [3.8, 4) is 0 Å². The Morgan fingerprint density at radius 1 is 0.980 bits per heavy atom. The first kappa shape index (κ1) is 36.0. The Morgan fingerprint density at radius 2 is 1.69 bits per heavy atom. The molecule has 3 N–H and O–H groups in total. The number of hydrogen-bond acceptors (Lipinski definition) is 5. The number of ketones is 1. The van der Waals surface area contributed by atoms with E-state index >= 15 is 0 Å². The molecule has 2 aromatic rings. The van der Waals surface area contributed by atoms with Crippen LogP contribution in [0.15, 0.2) is 72.3 Å². The number of methoxy groups -OCH3 is 1. The molecule has 6 aliphatic rings. The Hall–Kier alpha value is -3.40. The van der Waals surface area contributed by atoms with Crippen molar-refractivity contribution in [1.82, 2.24) is 10.2 Å². The summed E-state index contributed by atoms with van der Waals surface area (Å²) in [6.07, 6.45) is 11.1. The van der Waals surface area contributed by atoms with Gasteiger partial charge in [0.2, 0.25) is 0 Å². The molecular formula is C42H52F2N2O5. The van der Waals surface area contributed by atoms with Gasteiger partial charge in [-0.15, -0.1) is 0 Å². The maximum absolute atomic E-state index is 14.7. The van der Waals surface area contributed by atoms with Gasteiger partial charge in [-0.05, 0) is 99.3 Å². The van der Waals surface area contributed by atoms with E-state index in [1.165, 1.54) is 6.07 Å². The van der Waals surface area contributed by atoms with E-state index in [1.54, 1.807) is 12.0 Å². The Balaban J connectivity index is 1.26. The molecule has 0 aliphatic heterocycles. The van der Waals surface area contributed by atoms with Gasteiger partial charge >= 0.3 is 6.03 Å². The zero-order chi connectivity index (χ0) is 36.4. The van der Waals surface area contributed by atoms with Gasteiger partial charge in [0.05, 0.1) is 24.3 Å². The summed E-state index contributed by atoms with van der Waals surface area (Å²) >= 11 is 0. The minimum atomic E-state index is -1.25. The van der Waals surface area contributed by atoms with Crippen molar-refractivity contribution in [3.05, 3.63) is 95.1 Å². The highest BCUT2D eigenvalue weighted by Gasteiger charge is 2.74. The zero-order valence-corrected chi connectivity index (χ0v) is 30.3. The SMILES string of the molecule is COCCCN(C[C@]1(O)CC[C@H]2[C@]34C=C[C@@]5(C=C3C(=O)c3ccc(F)c(F)c3)CC(O)CC[C@]5(C)[C@H]4CC[C@@]21C)C(=O)N[C@H](C)c1ccccc1. The van der Waals surface area contributed by atoms with Gasteiger partial charge in [-0.1, -0.05) is 62.4 Å². The van der Waals surface area contributed by atoms with Gasteiger partial charge in [-0.2, -0.15) is 0 Å². The molecule has 0 saturated heterocycles. The molecule has 6 aliphatic carbocycles. The van der Waals surface area contributed by atoms with Gasteiger partial charge in [-0.25, -0.2) is 13.6 Å². The molecule has 3 saturated carbocycles. The number of amides is 2. The average Bonchev–Trinajstić information content (AvgIpc) is 3.38. The number of ether oxygens (including phenoxy) is 1. The first-order valence-electron chi connectivity index (χ1n) is 18.7. The number of aliphatic hydroxyl groups excluding tert-OH is 1. The normalized spacial score (nSPS) is 36.8. The molecule has 9 atom stereocenters. The number of nitrogens with zero attached hydrogens (tertiary/aromatic N) is 1. The Kier molecular flexibility index (Phi) is 9.12. The van der Waals surface area contributed by atoms with Crippen molar-refractivity contribution in [1.29, 1.82) is 0 Å². The van der Waals surface area contributed by atoms with Crippen molar-refractivity contribution < 1.29 is 33.3 Å². The van der Waals surface area contributed by atoms with Crippen LogP contribution >= 0.6 is 0 Å². The second-order valence-corrected chi connectivity index (χ2v) is 16.6. The highest BCUT2D eigenvalue weighted by atomic mass is 19.2. The summed E-state index contributed by atoms with van der Waals surface area (Å²) in [7, 11) is 1.63. The molecule has 1 unspecified atom stereocenters. The molecule has 274 valence electrons. The lowest BCUT2D eigenvalue weighted by Gasteiger charge is -2.71. The fourth-order valence-corrected chi connectivity index (χ4v) is 11.5. The van der Waals surface area contributed by atoms with Crippen LogP contribution in [-0.2, 0) is 4.74 Å². The molecule has 0 aromatic heterocycles. The monoisotopic (exact) mass is 702 g/mol. The van der Waals surface area contributed by atoms with Gasteiger partial charge in [0.25, 0.3) is 0 Å². The first-order chi connectivity index (χ1) is 24.2. The van der Waals surface area contributed by atoms with Crippen LogP contribution in [0.3, 0.4) is 0 Å². The third-order valence-corrected chi connectivity index (χ3v) is 14.3. The van der Waals surface area contributed by atoms with Crippen LogP contribution in [0.25, 0.3) is 0 Å². The number of urea groups is 1. The van der Waals surface area contributed by atoms with Gasteiger partial charge in [0.1, 0.15) is 0 Å². The molecule has 0 radical (unpaired) electrons. The van der Waals surface area contributed by atoms with Crippen molar-refractivity contribution >= 4 is 11.8 Å². The molecule has 2 spiro atoms. The van der Waals surface area contributed by atoms with Crippen LogP contribution in [0.5, 0.6) is 0 Å². The molecule has 7 nitrogen and oxygen atoms in total. The van der Waals surface area contributed by atoms with Crippen LogP contribution in [0, 0.1) is 45.1 Å². The summed E-state index contributed by atoms with van der Waals surface area (Å²) in [6.45, 7) is 7.39. The Bertz CT molecular complexity index is 1750. The zero-order valence-electron chi connectivity index (χ0n) is 30.3. The Morgan fingerprint density at radius 3 is 2.41 bits per heavy atom. The number of fused-ring (bicyclic) bond motifs is 1. The maximum atomic E-state index is 14.7. The summed E-state index contributed by atoms with van der Waals surface area (Å²) in [4.78, 5) is 30.4. The molecular weight excluding hydrogens is 650 g/mol. The van der Waals surface area contributed by atoms with Crippen molar-refractivity contribution in [2.75, 3.05) is 26.8 Å². The molecule has 2 bridgehead atoms. The van der Waals surface area contributed by atoms with E-state index in [4.69, 9.17) is 4.74 Å². The number of hydrogen-bond donors (Lipinski definition) is 3. The van der Waals surface area contributed by atoms with Gasteiger partial charge in [0, 0.05) is 47.6 Å². The molecule has 3 fully saturated rings. The van der Waals surface area contributed by atoms with E-state index in [-0.39, 0.29) is 47.2 Å². The van der Waals surface area contributed by atoms with Crippen LogP contribution < -0.4 is 5.32 Å². The predicted octanol–water partition coefficient (Wildman–Crippen LogP) is 7.55. The number of rotatable bonds is 10. The summed E-state index contributed by atoms with van der Waals surface area (Å²) in [5.41, 5.74) is -1.82. The number of aliphatic hydroxyl groups is 2. The fraction of sp³-hybridized carbons (Fsp3) is 0.571. The molecule has 2 aromatic carbocycles. The molecule has 8 rings (SSSR count). The standard InChI is InChI=1S/C42H52F2N2O5/c1-27(28-9-6-5-7-10-28)45-37(49)46(21-8-22-51-4)26-41(50)18-15-35-39(41,3)17-14-34-38(2)16-13-30(47)24-40(38)19-20-42(34,35)31(25-40)36(48)29-11-12-32(43)33(44)23-29/h5-7,9-12,19-20,23,25,27,30,34-35,47,50H,8,13-18,21-22,24,26H2,1-4H3,(H,45,49)/t27-,30?,34-,35-,38-,39+,40+,41-,42-/m1/s1. The van der Waals surface area contributed by atoms with Gasteiger partial charge in [0.15, 0.2) is 17.4 Å². The van der Waals surface area contributed by atoms with Crippen LogP contribution in [0.1, 0.15) is 94.1 Å². The van der Waals surface area contributed by atoms with E-state index in [1.807, 2.05) is 37.3 Å². The van der Waals surface area contributed by atoms with Crippen LogP contribution in [0.4, 0.5) is 13.6 Å². The number of nitrogens with one attached hydrogen (secondary N) is 1. The van der Waals surface area contributed by atoms with Crippen molar-refractivity contribution in [3.63, 3.8) is 0 Å². The first-order valence-corrected chi connectivity index (χ1v) is 18.7. The second-order valence-electron chi connectivity index (χ2n) is 16.6. The number of allylic oxidation sites excluding steroid dienone is 4. The topological polar surface area (TPSA) is 99.1 Å². The lowest BCUT2D eigenvalue weighted by atomic mass is 9.32. The van der Waals surface area contributed by atoms with E-state index in [9.17, 15) is 28.6 Å². The largest absolute Gasteiger partial charge is 0.393 e. The predicted molar refractivity (Wildman–Crippen MR) is 191 cm³/mol. The molecule has 0 heterocycles. The average molecular weight is 703 g/mol. The van der Waals surface area contributed by atoms with E-state index in [0.717, 1.165) is 30.5 Å². The molecule has 2 amide bonds. The third kappa shape index (κ3) is 5.43. The third-order valence-electron chi connectivity index (χ3n) is 14.3. The summed E-state index contributed by atoms with van der Waals surface area (Å²) in [5.74, 6) is -2.52. The number of benzene rings is 2. The van der Waals surface area contributed by atoms with Gasteiger partial charge in [-0.3, -0.25) is 4.79 Å². The quantitative estimate of drug-likeness (QED) is 0.135. The lowest BCUT2D eigenvalue weighted by Crippen LogP contribution is -2.67. The summed E-state index contributed by atoms with van der Waals surface area (Å²) in [5, 5.41) is 27.0. The number of carbonyl (C=O) groups is 2. The lowest BCUT2D eigenvalue weighted by molar-refractivity contribution is -0.174. The number of Topliss-reactive ketones (excluding diaryl/α,β-unsaturated/α-hetero) is 1. The Labute approximate surface area is 300 Å².